The Morgan fingerprint density at radius 2 is 2.06 bits per heavy atom. The molecule has 16 heavy (non-hydrogen) atoms. The summed E-state index contributed by atoms with van der Waals surface area (Å²) in [5.41, 5.74) is 6.11. The summed E-state index contributed by atoms with van der Waals surface area (Å²) in [7, 11) is 0. The molecular formula is C13H26N2O. The second-order valence-electron chi connectivity index (χ2n) is 5.82. The summed E-state index contributed by atoms with van der Waals surface area (Å²) in [6.45, 7) is 5.51. The van der Waals surface area contributed by atoms with Crippen LogP contribution in [0, 0.1) is 11.8 Å². The third-order valence-electron chi connectivity index (χ3n) is 3.94. The summed E-state index contributed by atoms with van der Waals surface area (Å²) in [6, 6.07) is 0.321. The number of nitrogens with zero attached hydrogens (tertiary/aromatic N) is 1. The maximum atomic E-state index is 9.72. The molecule has 3 N–H and O–H groups in total. The van der Waals surface area contributed by atoms with E-state index in [1.165, 1.54) is 19.4 Å². The van der Waals surface area contributed by atoms with Crippen molar-refractivity contribution in [2.24, 2.45) is 17.6 Å². The third-order valence-corrected chi connectivity index (χ3v) is 3.94. The Balaban J connectivity index is 1.78. The number of rotatable bonds is 5. The standard InChI is InChI=1S/C13H26N2O/c1-2-13(16)6-11-5-12(14)9-15(8-11)7-10-3-4-10/h10-13,16H,2-9,14H2,1H3. The molecule has 0 radical (unpaired) electrons. The average Bonchev–Trinajstić information content (AvgIpc) is 3.00. The van der Waals surface area contributed by atoms with Gasteiger partial charge in [0.15, 0.2) is 0 Å². The van der Waals surface area contributed by atoms with E-state index in [-0.39, 0.29) is 6.10 Å². The molecule has 1 heterocycles. The van der Waals surface area contributed by atoms with Crippen LogP contribution in [0.15, 0.2) is 0 Å². The fourth-order valence-electron chi connectivity index (χ4n) is 2.89. The molecule has 0 aromatic rings. The Morgan fingerprint density at radius 3 is 2.69 bits per heavy atom. The van der Waals surface area contributed by atoms with Crippen molar-refractivity contribution in [3.8, 4) is 0 Å². The van der Waals surface area contributed by atoms with E-state index in [9.17, 15) is 5.11 Å². The second-order valence-corrected chi connectivity index (χ2v) is 5.82. The van der Waals surface area contributed by atoms with Crippen molar-refractivity contribution in [3.63, 3.8) is 0 Å². The van der Waals surface area contributed by atoms with Crippen LogP contribution in [0.3, 0.4) is 0 Å². The summed E-state index contributed by atoms with van der Waals surface area (Å²) in [5.74, 6) is 1.56. The summed E-state index contributed by atoms with van der Waals surface area (Å²) in [4.78, 5) is 2.53. The Bertz CT molecular complexity index is 216. The Hall–Kier alpha value is -0.120. The highest BCUT2D eigenvalue weighted by Crippen LogP contribution is 2.31. The smallest absolute Gasteiger partial charge is 0.0540 e. The molecule has 2 rings (SSSR count). The van der Waals surface area contributed by atoms with E-state index >= 15 is 0 Å². The third kappa shape index (κ3) is 3.72. The lowest BCUT2D eigenvalue weighted by molar-refractivity contribution is 0.0887. The molecule has 1 saturated carbocycles. The molecule has 94 valence electrons. The molecule has 2 aliphatic rings. The molecule has 0 amide bonds. The lowest BCUT2D eigenvalue weighted by Crippen LogP contribution is -2.48. The van der Waals surface area contributed by atoms with Crippen molar-refractivity contribution in [1.29, 1.82) is 0 Å². The van der Waals surface area contributed by atoms with E-state index in [1.54, 1.807) is 0 Å². The fraction of sp³-hybridized carbons (Fsp3) is 1.00. The summed E-state index contributed by atoms with van der Waals surface area (Å²) < 4.78 is 0. The molecule has 2 fully saturated rings. The van der Waals surface area contributed by atoms with Gasteiger partial charge in [0.25, 0.3) is 0 Å². The normalized spacial score (nSPS) is 33.9. The van der Waals surface area contributed by atoms with Crippen molar-refractivity contribution in [1.82, 2.24) is 4.90 Å². The van der Waals surface area contributed by atoms with Crippen molar-refractivity contribution < 1.29 is 5.11 Å². The van der Waals surface area contributed by atoms with Gasteiger partial charge < -0.3 is 15.7 Å². The first-order valence-electron chi connectivity index (χ1n) is 6.83. The van der Waals surface area contributed by atoms with Crippen LogP contribution >= 0.6 is 0 Å². The number of piperidine rings is 1. The van der Waals surface area contributed by atoms with Crippen LogP contribution in [0.2, 0.25) is 0 Å². The van der Waals surface area contributed by atoms with E-state index in [4.69, 9.17) is 5.73 Å². The lowest BCUT2D eigenvalue weighted by atomic mass is 9.89. The Labute approximate surface area is 99.0 Å². The number of aliphatic hydroxyl groups is 1. The SMILES string of the molecule is CCC(O)CC1CC(N)CN(CC2CC2)C1. The zero-order chi connectivity index (χ0) is 11.5. The molecule has 3 heteroatoms. The van der Waals surface area contributed by atoms with Gasteiger partial charge in [0.05, 0.1) is 6.10 Å². The van der Waals surface area contributed by atoms with E-state index in [2.05, 4.69) is 11.8 Å². The molecule has 1 aliphatic carbocycles. The predicted octanol–water partition coefficient (Wildman–Crippen LogP) is 1.21. The number of hydrogen-bond donors (Lipinski definition) is 2. The van der Waals surface area contributed by atoms with Gasteiger partial charge in [-0.15, -0.1) is 0 Å². The molecule has 1 saturated heterocycles. The van der Waals surface area contributed by atoms with Crippen molar-refractivity contribution >= 4 is 0 Å². The van der Waals surface area contributed by atoms with Crippen LogP contribution in [0.25, 0.3) is 0 Å². The first-order chi connectivity index (χ1) is 7.67. The van der Waals surface area contributed by atoms with E-state index in [0.717, 1.165) is 38.3 Å². The van der Waals surface area contributed by atoms with Gasteiger partial charge in [0.1, 0.15) is 0 Å². The molecule has 3 atom stereocenters. The van der Waals surface area contributed by atoms with Crippen LogP contribution < -0.4 is 5.73 Å². The molecule has 0 aromatic heterocycles. The van der Waals surface area contributed by atoms with Gasteiger partial charge in [-0.2, -0.15) is 0 Å². The van der Waals surface area contributed by atoms with Gasteiger partial charge in [0, 0.05) is 25.7 Å². The second kappa shape index (κ2) is 5.48. The largest absolute Gasteiger partial charge is 0.393 e. The molecule has 3 unspecified atom stereocenters. The highest BCUT2D eigenvalue weighted by molar-refractivity contribution is 4.86. The zero-order valence-corrected chi connectivity index (χ0v) is 10.4. The van der Waals surface area contributed by atoms with Crippen molar-refractivity contribution in [2.75, 3.05) is 19.6 Å². The van der Waals surface area contributed by atoms with Crippen LogP contribution in [0.1, 0.15) is 39.0 Å². The quantitative estimate of drug-likeness (QED) is 0.741. The maximum Gasteiger partial charge on any atom is 0.0540 e. The maximum absolute atomic E-state index is 9.72. The molecule has 0 aromatic carbocycles. The number of likely N-dealkylation sites (tertiary alicyclic amines) is 1. The topological polar surface area (TPSA) is 49.5 Å². The number of nitrogens with two attached hydrogens (primary N) is 1. The first-order valence-corrected chi connectivity index (χ1v) is 6.83. The van der Waals surface area contributed by atoms with Crippen LogP contribution in [0.5, 0.6) is 0 Å². The first kappa shape index (κ1) is 12.3. The molecule has 1 aliphatic heterocycles. The van der Waals surface area contributed by atoms with Crippen molar-refractivity contribution in [2.45, 2.75) is 51.2 Å². The fourth-order valence-corrected chi connectivity index (χ4v) is 2.89. The number of hydrogen-bond acceptors (Lipinski definition) is 3. The monoisotopic (exact) mass is 226 g/mol. The van der Waals surface area contributed by atoms with E-state index < -0.39 is 0 Å². The van der Waals surface area contributed by atoms with Gasteiger partial charge in [-0.25, -0.2) is 0 Å². The van der Waals surface area contributed by atoms with Gasteiger partial charge in [-0.3, -0.25) is 0 Å². The summed E-state index contributed by atoms with van der Waals surface area (Å²) in [6.07, 6.45) is 5.60. The van der Waals surface area contributed by atoms with E-state index in [1.807, 2.05) is 0 Å². The van der Waals surface area contributed by atoms with Gasteiger partial charge >= 0.3 is 0 Å². The van der Waals surface area contributed by atoms with Crippen LogP contribution in [0.4, 0.5) is 0 Å². The summed E-state index contributed by atoms with van der Waals surface area (Å²) >= 11 is 0. The molecular weight excluding hydrogens is 200 g/mol. The lowest BCUT2D eigenvalue weighted by Gasteiger charge is -2.37. The minimum atomic E-state index is -0.127. The molecule has 0 bridgehead atoms. The van der Waals surface area contributed by atoms with Gasteiger partial charge in [-0.05, 0) is 43.9 Å². The van der Waals surface area contributed by atoms with E-state index in [0.29, 0.717) is 12.0 Å². The number of aliphatic hydroxyl groups excluding tert-OH is 1. The van der Waals surface area contributed by atoms with Gasteiger partial charge in [0.2, 0.25) is 0 Å². The minimum absolute atomic E-state index is 0.127. The Kier molecular flexibility index (Phi) is 4.22. The Morgan fingerprint density at radius 1 is 1.31 bits per heavy atom. The highest BCUT2D eigenvalue weighted by Gasteiger charge is 2.30. The minimum Gasteiger partial charge on any atom is -0.393 e. The zero-order valence-electron chi connectivity index (χ0n) is 10.4. The van der Waals surface area contributed by atoms with Crippen molar-refractivity contribution in [3.05, 3.63) is 0 Å². The van der Waals surface area contributed by atoms with Gasteiger partial charge in [-0.1, -0.05) is 6.92 Å². The highest BCUT2D eigenvalue weighted by atomic mass is 16.3. The summed E-state index contributed by atoms with van der Waals surface area (Å²) in [5, 5.41) is 9.72. The van der Waals surface area contributed by atoms with Crippen LogP contribution in [-0.2, 0) is 0 Å². The average molecular weight is 226 g/mol. The predicted molar refractivity (Wildman–Crippen MR) is 66.2 cm³/mol. The molecule has 3 nitrogen and oxygen atoms in total. The molecule has 0 spiro atoms. The van der Waals surface area contributed by atoms with Crippen LogP contribution in [-0.4, -0.2) is 41.8 Å².